The number of hydrogen-bond donors (Lipinski definition) is 1. The van der Waals surface area contributed by atoms with Gasteiger partial charge in [0.1, 0.15) is 5.76 Å². The molecule has 1 fully saturated rings. The minimum atomic E-state index is -0.616. The summed E-state index contributed by atoms with van der Waals surface area (Å²) in [6.07, 6.45) is 8.35. The van der Waals surface area contributed by atoms with Gasteiger partial charge in [-0.1, -0.05) is 19.9 Å². The second-order valence-corrected chi connectivity index (χ2v) is 5.06. The fraction of sp³-hybridized carbons (Fsp3) is 0.500. The maximum Gasteiger partial charge on any atom is 0.267 e. The Morgan fingerprint density at radius 3 is 3.00 bits per heavy atom. The van der Waals surface area contributed by atoms with Crippen molar-refractivity contribution >= 4 is 18.0 Å². The van der Waals surface area contributed by atoms with Crippen LogP contribution in [-0.4, -0.2) is 24.1 Å². The summed E-state index contributed by atoms with van der Waals surface area (Å²) in [7, 11) is 0. The molecule has 2 amide bonds. The zero-order valence-corrected chi connectivity index (χ0v) is 11.2. The smallest absolute Gasteiger partial charge is 0.267 e. The van der Waals surface area contributed by atoms with Crippen molar-refractivity contribution in [1.29, 1.82) is 0 Å². The molecule has 102 valence electrons. The average molecular weight is 262 g/mol. The third-order valence-corrected chi connectivity index (χ3v) is 3.43. The van der Waals surface area contributed by atoms with Crippen molar-refractivity contribution in [3.8, 4) is 0 Å². The third-order valence-electron chi connectivity index (χ3n) is 3.43. The molecule has 0 bridgehead atoms. The standard InChI is InChI=1S/C14H18N2O3/c1-3-14(2)7-6-10(8-15-9-14)19-11-4-5-12(17)16-13(11)18/h6-9,11H,3-5H2,1-2H3,(H,16,17,18). The maximum atomic E-state index is 11.6. The van der Waals surface area contributed by atoms with E-state index in [1.165, 1.54) is 0 Å². The average Bonchev–Trinajstić information content (AvgIpc) is 2.56. The molecule has 2 aliphatic heterocycles. The Morgan fingerprint density at radius 1 is 1.53 bits per heavy atom. The monoisotopic (exact) mass is 262 g/mol. The van der Waals surface area contributed by atoms with Gasteiger partial charge in [-0.3, -0.25) is 19.9 Å². The molecule has 0 aromatic rings. The van der Waals surface area contributed by atoms with Crippen LogP contribution >= 0.6 is 0 Å². The molecule has 0 aromatic carbocycles. The van der Waals surface area contributed by atoms with E-state index < -0.39 is 6.10 Å². The fourth-order valence-corrected chi connectivity index (χ4v) is 1.87. The van der Waals surface area contributed by atoms with E-state index in [1.54, 1.807) is 6.20 Å². The van der Waals surface area contributed by atoms with E-state index in [2.05, 4.69) is 24.2 Å². The van der Waals surface area contributed by atoms with Crippen molar-refractivity contribution in [2.45, 2.75) is 39.2 Å². The Morgan fingerprint density at radius 2 is 2.32 bits per heavy atom. The lowest BCUT2D eigenvalue weighted by Crippen LogP contribution is -2.44. The van der Waals surface area contributed by atoms with Crippen LogP contribution in [0, 0.1) is 5.41 Å². The number of nitrogens with zero attached hydrogens (tertiary/aromatic N) is 1. The SMILES string of the molecule is CCC1(C)C=CC(OC2CCC(=O)NC2=O)=CN=C1. The Hall–Kier alpha value is -1.91. The molecule has 0 aromatic heterocycles. The van der Waals surface area contributed by atoms with Crippen LogP contribution in [0.2, 0.25) is 0 Å². The van der Waals surface area contributed by atoms with E-state index in [0.717, 1.165) is 6.42 Å². The summed E-state index contributed by atoms with van der Waals surface area (Å²) in [5.41, 5.74) is -0.0909. The van der Waals surface area contributed by atoms with Crippen LogP contribution < -0.4 is 5.32 Å². The molecular formula is C14H18N2O3. The summed E-state index contributed by atoms with van der Waals surface area (Å²) in [4.78, 5) is 26.9. The van der Waals surface area contributed by atoms with Crippen molar-refractivity contribution in [2.75, 3.05) is 0 Å². The van der Waals surface area contributed by atoms with Crippen LogP contribution in [0.1, 0.15) is 33.1 Å². The zero-order chi connectivity index (χ0) is 13.9. The van der Waals surface area contributed by atoms with Gasteiger partial charge in [-0.15, -0.1) is 0 Å². The van der Waals surface area contributed by atoms with Gasteiger partial charge in [0.2, 0.25) is 5.91 Å². The van der Waals surface area contributed by atoms with E-state index in [1.807, 2.05) is 18.4 Å². The Bertz CT molecular complexity index is 479. The maximum absolute atomic E-state index is 11.6. The van der Waals surface area contributed by atoms with Gasteiger partial charge in [-0.25, -0.2) is 0 Å². The minimum absolute atomic E-state index is 0.0909. The quantitative estimate of drug-likeness (QED) is 0.787. The highest BCUT2D eigenvalue weighted by atomic mass is 16.5. The van der Waals surface area contributed by atoms with E-state index in [4.69, 9.17) is 4.74 Å². The van der Waals surface area contributed by atoms with Crippen molar-refractivity contribution in [1.82, 2.24) is 5.32 Å². The number of imide groups is 1. The molecule has 5 heteroatoms. The van der Waals surface area contributed by atoms with Gasteiger partial charge in [-0.2, -0.15) is 0 Å². The highest BCUT2D eigenvalue weighted by Crippen LogP contribution is 2.24. The first kappa shape index (κ1) is 13.5. The molecule has 2 atom stereocenters. The Balaban J connectivity index is 2.03. The number of allylic oxidation sites excluding steroid dienone is 2. The van der Waals surface area contributed by atoms with Gasteiger partial charge >= 0.3 is 0 Å². The first-order chi connectivity index (χ1) is 9.02. The highest BCUT2D eigenvalue weighted by Gasteiger charge is 2.28. The van der Waals surface area contributed by atoms with Crippen LogP contribution in [-0.2, 0) is 14.3 Å². The number of carbonyl (C=O) groups excluding carboxylic acids is 2. The van der Waals surface area contributed by atoms with E-state index >= 15 is 0 Å². The molecule has 5 nitrogen and oxygen atoms in total. The van der Waals surface area contributed by atoms with Gasteiger partial charge in [0.15, 0.2) is 6.10 Å². The van der Waals surface area contributed by atoms with Crippen molar-refractivity contribution < 1.29 is 14.3 Å². The fourth-order valence-electron chi connectivity index (χ4n) is 1.87. The summed E-state index contributed by atoms with van der Waals surface area (Å²) < 4.78 is 5.61. The van der Waals surface area contributed by atoms with Gasteiger partial charge in [0, 0.05) is 24.5 Å². The first-order valence-electron chi connectivity index (χ1n) is 6.46. The number of hydrogen-bond acceptors (Lipinski definition) is 4. The predicted octanol–water partition coefficient (Wildman–Crippen LogP) is 1.71. The second-order valence-electron chi connectivity index (χ2n) is 5.06. The molecule has 1 saturated heterocycles. The first-order valence-corrected chi connectivity index (χ1v) is 6.46. The van der Waals surface area contributed by atoms with Crippen molar-refractivity contribution in [2.24, 2.45) is 10.4 Å². The molecule has 19 heavy (non-hydrogen) atoms. The van der Waals surface area contributed by atoms with Gasteiger partial charge in [-0.05, 0) is 12.5 Å². The second kappa shape index (κ2) is 5.38. The number of ether oxygens (including phenoxy) is 1. The van der Waals surface area contributed by atoms with Crippen LogP contribution in [0.15, 0.2) is 29.1 Å². The lowest BCUT2D eigenvalue weighted by molar-refractivity contribution is -0.140. The summed E-state index contributed by atoms with van der Waals surface area (Å²) in [5, 5.41) is 2.27. The summed E-state index contributed by atoms with van der Waals surface area (Å²) >= 11 is 0. The molecule has 1 N–H and O–H groups in total. The number of aliphatic imine (C=N–C) groups is 1. The number of rotatable bonds is 3. The Labute approximate surface area is 112 Å². The number of carbonyl (C=O) groups is 2. The van der Waals surface area contributed by atoms with Gasteiger partial charge in [0.25, 0.3) is 5.91 Å². The minimum Gasteiger partial charge on any atom is -0.479 e. The van der Waals surface area contributed by atoms with E-state index in [-0.39, 0.29) is 17.2 Å². The molecule has 0 spiro atoms. The van der Waals surface area contributed by atoms with E-state index in [0.29, 0.717) is 18.6 Å². The molecule has 2 rings (SSSR count). The Kier molecular flexibility index (Phi) is 3.83. The van der Waals surface area contributed by atoms with Crippen LogP contribution in [0.4, 0.5) is 0 Å². The highest BCUT2D eigenvalue weighted by molar-refractivity contribution is 5.99. The van der Waals surface area contributed by atoms with E-state index in [9.17, 15) is 9.59 Å². The predicted molar refractivity (Wildman–Crippen MR) is 71.4 cm³/mol. The molecule has 0 aliphatic carbocycles. The normalized spacial score (nSPS) is 30.6. The summed E-state index contributed by atoms with van der Waals surface area (Å²) in [6, 6.07) is 0. The van der Waals surface area contributed by atoms with Gasteiger partial charge < -0.3 is 4.74 Å². The lowest BCUT2D eigenvalue weighted by atomic mass is 9.89. The summed E-state index contributed by atoms with van der Waals surface area (Å²) in [6.45, 7) is 4.16. The van der Waals surface area contributed by atoms with Crippen LogP contribution in [0.5, 0.6) is 0 Å². The molecular weight excluding hydrogens is 244 g/mol. The third kappa shape index (κ3) is 3.30. The number of piperidine rings is 1. The zero-order valence-electron chi connectivity index (χ0n) is 11.2. The van der Waals surface area contributed by atoms with Crippen LogP contribution in [0.25, 0.3) is 0 Å². The molecule has 2 aliphatic rings. The molecule has 0 radical (unpaired) electrons. The number of nitrogens with one attached hydrogen (secondary N) is 1. The van der Waals surface area contributed by atoms with Crippen molar-refractivity contribution in [3.05, 3.63) is 24.1 Å². The van der Waals surface area contributed by atoms with Gasteiger partial charge in [0.05, 0.1) is 6.20 Å². The largest absolute Gasteiger partial charge is 0.479 e. The lowest BCUT2D eigenvalue weighted by Gasteiger charge is -2.22. The topological polar surface area (TPSA) is 67.8 Å². The molecule has 0 saturated carbocycles. The number of amides is 2. The summed E-state index contributed by atoms with van der Waals surface area (Å²) in [5.74, 6) is -0.0771. The van der Waals surface area contributed by atoms with Crippen molar-refractivity contribution in [3.63, 3.8) is 0 Å². The van der Waals surface area contributed by atoms with Crippen LogP contribution in [0.3, 0.4) is 0 Å². The molecule has 2 heterocycles. The molecule has 2 unspecified atom stereocenters.